The number of rotatable bonds is 10. The SMILES string of the molecule is CCC(CC)C(=O)OCCOc1ccc(C(=O)Oc2ccc(-c3ccc(C#N)cc3)cc2)cc1. The molecule has 0 saturated heterocycles. The molecule has 34 heavy (non-hydrogen) atoms. The van der Waals surface area contributed by atoms with Crippen LogP contribution in [0, 0.1) is 17.2 Å². The molecule has 0 fully saturated rings. The smallest absolute Gasteiger partial charge is 0.343 e. The molecular weight excluding hydrogens is 430 g/mol. The Kier molecular flexibility index (Phi) is 8.81. The molecule has 0 aromatic heterocycles. The van der Waals surface area contributed by atoms with E-state index in [1.165, 1.54) is 0 Å². The maximum Gasteiger partial charge on any atom is 0.343 e. The highest BCUT2D eigenvalue weighted by Crippen LogP contribution is 2.23. The van der Waals surface area contributed by atoms with Gasteiger partial charge in [0.2, 0.25) is 0 Å². The number of esters is 2. The number of hydrogen-bond acceptors (Lipinski definition) is 6. The molecule has 0 aliphatic heterocycles. The largest absolute Gasteiger partial charge is 0.490 e. The monoisotopic (exact) mass is 457 g/mol. The van der Waals surface area contributed by atoms with E-state index in [1.54, 1.807) is 48.5 Å². The summed E-state index contributed by atoms with van der Waals surface area (Å²) in [7, 11) is 0. The Morgan fingerprint density at radius 2 is 1.35 bits per heavy atom. The molecule has 0 N–H and O–H groups in total. The Morgan fingerprint density at radius 1 is 0.794 bits per heavy atom. The topological polar surface area (TPSA) is 85.6 Å². The maximum atomic E-state index is 12.5. The van der Waals surface area contributed by atoms with Gasteiger partial charge in [-0.3, -0.25) is 4.79 Å². The maximum absolute atomic E-state index is 12.5. The number of ether oxygens (including phenoxy) is 3. The predicted molar refractivity (Wildman–Crippen MR) is 129 cm³/mol. The molecule has 0 aliphatic rings. The van der Waals surface area contributed by atoms with Crippen LogP contribution in [0.4, 0.5) is 0 Å². The fourth-order valence-electron chi connectivity index (χ4n) is 3.35. The van der Waals surface area contributed by atoms with Gasteiger partial charge in [-0.15, -0.1) is 0 Å². The Balaban J connectivity index is 1.48. The second-order valence-electron chi connectivity index (χ2n) is 7.66. The molecule has 6 heteroatoms. The van der Waals surface area contributed by atoms with E-state index in [4.69, 9.17) is 19.5 Å². The molecule has 3 aromatic rings. The average Bonchev–Trinajstić information content (AvgIpc) is 2.88. The van der Waals surface area contributed by atoms with E-state index in [-0.39, 0.29) is 25.1 Å². The van der Waals surface area contributed by atoms with Crippen molar-refractivity contribution >= 4 is 11.9 Å². The summed E-state index contributed by atoms with van der Waals surface area (Å²) in [4.78, 5) is 24.3. The summed E-state index contributed by atoms with van der Waals surface area (Å²) in [6.07, 6.45) is 1.52. The first kappa shape index (κ1) is 24.5. The quantitative estimate of drug-likeness (QED) is 0.217. The summed E-state index contributed by atoms with van der Waals surface area (Å²) in [6, 6.07) is 23.1. The van der Waals surface area contributed by atoms with Gasteiger partial charge in [0.25, 0.3) is 0 Å². The molecule has 3 rings (SSSR count). The number of carbonyl (C=O) groups is 2. The lowest BCUT2D eigenvalue weighted by Gasteiger charge is -2.12. The molecule has 0 spiro atoms. The van der Waals surface area contributed by atoms with E-state index in [0.29, 0.717) is 22.6 Å². The van der Waals surface area contributed by atoms with Crippen LogP contribution in [0.3, 0.4) is 0 Å². The number of carbonyl (C=O) groups excluding carboxylic acids is 2. The van der Waals surface area contributed by atoms with Gasteiger partial charge in [-0.05, 0) is 72.5 Å². The van der Waals surface area contributed by atoms with Crippen LogP contribution in [0.5, 0.6) is 11.5 Å². The highest BCUT2D eigenvalue weighted by molar-refractivity contribution is 5.91. The van der Waals surface area contributed by atoms with Crippen LogP contribution in [0.2, 0.25) is 0 Å². The fraction of sp³-hybridized carbons (Fsp3) is 0.250. The van der Waals surface area contributed by atoms with Gasteiger partial charge in [0.1, 0.15) is 24.7 Å². The number of nitrogens with zero attached hydrogens (tertiary/aromatic N) is 1. The summed E-state index contributed by atoms with van der Waals surface area (Å²) < 4.78 is 16.3. The minimum atomic E-state index is -0.475. The molecule has 0 unspecified atom stereocenters. The second-order valence-corrected chi connectivity index (χ2v) is 7.66. The molecule has 0 amide bonds. The van der Waals surface area contributed by atoms with E-state index in [2.05, 4.69) is 6.07 Å². The average molecular weight is 458 g/mol. The molecule has 0 radical (unpaired) electrons. The highest BCUT2D eigenvalue weighted by Gasteiger charge is 2.15. The van der Waals surface area contributed by atoms with Gasteiger partial charge in [0.15, 0.2) is 0 Å². The van der Waals surface area contributed by atoms with Crippen molar-refractivity contribution < 1.29 is 23.8 Å². The Hall–Kier alpha value is -4.11. The van der Waals surface area contributed by atoms with E-state index >= 15 is 0 Å². The number of hydrogen-bond donors (Lipinski definition) is 0. The zero-order valence-electron chi connectivity index (χ0n) is 19.3. The molecule has 174 valence electrons. The molecule has 0 heterocycles. The lowest BCUT2D eigenvalue weighted by atomic mass is 10.0. The van der Waals surface area contributed by atoms with Gasteiger partial charge in [-0.2, -0.15) is 5.26 Å². The van der Waals surface area contributed by atoms with Crippen LogP contribution >= 0.6 is 0 Å². The summed E-state index contributed by atoms with van der Waals surface area (Å²) >= 11 is 0. The van der Waals surface area contributed by atoms with Crippen LogP contribution in [0.1, 0.15) is 42.6 Å². The van der Waals surface area contributed by atoms with Crippen LogP contribution in [0.15, 0.2) is 72.8 Å². The third kappa shape index (κ3) is 6.69. The van der Waals surface area contributed by atoms with Crippen molar-refractivity contribution in [3.05, 3.63) is 83.9 Å². The minimum absolute atomic E-state index is 0.0718. The van der Waals surface area contributed by atoms with Gasteiger partial charge in [-0.1, -0.05) is 38.1 Å². The third-order valence-electron chi connectivity index (χ3n) is 5.42. The lowest BCUT2D eigenvalue weighted by Crippen LogP contribution is -2.19. The van der Waals surface area contributed by atoms with Crippen LogP contribution in [-0.4, -0.2) is 25.2 Å². The van der Waals surface area contributed by atoms with Gasteiger partial charge in [0, 0.05) is 0 Å². The first-order valence-corrected chi connectivity index (χ1v) is 11.3. The van der Waals surface area contributed by atoms with Crippen molar-refractivity contribution in [2.75, 3.05) is 13.2 Å². The second kappa shape index (κ2) is 12.2. The van der Waals surface area contributed by atoms with Crippen molar-refractivity contribution in [2.24, 2.45) is 5.92 Å². The van der Waals surface area contributed by atoms with Gasteiger partial charge in [0.05, 0.1) is 23.1 Å². The van der Waals surface area contributed by atoms with Crippen LogP contribution < -0.4 is 9.47 Å². The van der Waals surface area contributed by atoms with Crippen molar-refractivity contribution in [1.82, 2.24) is 0 Å². The van der Waals surface area contributed by atoms with Gasteiger partial charge in [-0.25, -0.2) is 4.79 Å². The first-order valence-electron chi connectivity index (χ1n) is 11.3. The van der Waals surface area contributed by atoms with Crippen LogP contribution in [-0.2, 0) is 9.53 Å². The van der Waals surface area contributed by atoms with Gasteiger partial charge >= 0.3 is 11.9 Å². The van der Waals surface area contributed by atoms with Crippen molar-refractivity contribution in [3.63, 3.8) is 0 Å². The van der Waals surface area contributed by atoms with E-state index < -0.39 is 5.97 Å². The standard InChI is InChI=1S/C28H27NO5/c1-3-21(4-2)27(30)33-18-17-32-25-13-11-24(12-14-25)28(31)34-26-15-9-23(10-16-26)22-7-5-20(19-29)6-8-22/h5-16,21H,3-4,17-18H2,1-2H3. The van der Waals surface area contributed by atoms with Crippen molar-refractivity contribution in [1.29, 1.82) is 5.26 Å². The molecule has 6 nitrogen and oxygen atoms in total. The lowest BCUT2D eigenvalue weighted by molar-refractivity contribution is -0.149. The van der Waals surface area contributed by atoms with E-state index in [9.17, 15) is 9.59 Å². The Bertz CT molecular complexity index is 1130. The summed E-state index contributed by atoms with van der Waals surface area (Å²) in [5, 5.41) is 8.91. The summed E-state index contributed by atoms with van der Waals surface area (Å²) in [5.41, 5.74) is 2.92. The Labute approximate surface area is 199 Å². The summed E-state index contributed by atoms with van der Waals surface area (Å²) in [5.74, 6) is 0.259. The predicted octanol–water partition coefficient (Wildman–Crippen LogP) is 5.80. The van der Waals surface area contributed by atoms with Gasteiger partial charge < -0.3 is 14.2 Å². The highest BCUT2D eigenvalue weighted by atomic mass is 16.6. The zero-order valence-corrected chi connectivity index (χ0v) is 19.3. The van der Waals surface area contributed by atoms with Crippen molar-refractivity contribution in [2.45, 2.75) is 26.7 Å². The molecule has 0 aliphatic carbocycles. The molecule has 3 aromatic carbocycles. The third-order valence-corrected chi connectivity index (χ3v) is 5.42. The summed E-state index contributed by atoms with van der Waals surface area (Å²) in [6.45, 7) is 4.34. The number of benzene rings is 3. The fourth-order valence-corrected chi connectivity index (χ4v) is 3.35. The zero-order chi connectivity index (χ0) is 24.3. The Morgan fingerprint density at radius 3 is 1.91 bits per heavy atom. The first-order chi connectivity index (χ1) is 16.5. The molecule has 0 bridgehead atoms. The van der Waals surface area contributed by atoms with Crippen LogP contribution in [0.25, 0.3) is 11.1 Å². The van der Waals surface area contributed by atoms with Crippen molar-refractivity contribution in [3.8, 4) is 28.7 Å². The normalized spacial score (nSPS) is 10.4. The molecular formula is C28H27NO5. The van der Waals surface area contributed by atoms with E-state index in [1.807, 2.05) is 38.1 Å². The molecule has 0 saturated carbocycles. The van der Waals surface area contributed by atoms with E-state index in [0.717, 1.165) is 24.0 Å². The molecule has 0 atom stereocenters. The number of nitriles is 1. The minimum Gasteiger partial charge on any atom is -0.490 e.